The van der Waals surface area contributed by atoms with Crippen LogP contribution < -0.4 is 10.6 Å². The van der Waals surface area contributed by atoms with Crippen LogP contribution in [0.1, 0.15) is 10.4 Å². The SMILES string of the molecule is NC(=O)c1cccc(-c2nc3ccc(N4CCOCC4)cc3o2)c1. The van der Waals surface area contributed by atoms with Crippen LogP contribution in [0.2, 0.25) is 0 Å². The van der Waals surface area contributed by atoms with E-state index in [0.29, 0.717) is 11.5 Å². The Bertz CT molecular complexity index is 897. The van der Waals surface area contributed by atoms with Crippen molar-refractivity contribution in [3.8, 4) is 11.5 Å². The summed E-state index contributed by atoms with van der Waals surface area (Å²) in [7, 11) is 0. The lowest BCUT2D eigenvalue weighted by Gasteiger charge is -2.28. The Labute approximate surface area is 138 Å². The van der Waals surface area contributed by atoms with Gasteiger partial charge in [0.05, 0.1) is 13.2 Å². The molecule has 0 spiro atoms. The molecule has 0 radical (unpaired) electrons. The second-order valence-corrected chi connectivity index (χ2v) is 5.72. The Morgan fingerprint density at radius 1 is 1.12 bits per heavy atom. The van der Waals surface area contributed by atoms with Crippen LogP contribution in [0.25, 0.3) is 22.6 Å². The van der Waals surface area contributed by atoms with Crippen molar-refractivity contribution in [2.24, 2.45) is 5.73 Å². The summed E-state index contributed by atoms with van der Waals surface area (Å²) in [6.45, 7) is 3.21. The van der Waals surface area contributed by atoms with E-state index in [1.807, 2.05) is 24.3 Å². The van der Waals surface area contributed by atoms with Gasteiger partial charge in [-0.1, -0.05) is 6.07 Å². The van der Waals surface area contributed by atoms with Gasteiger partial charge in [0.15, 0.2) is 5.58 Å². The van der Waals surface area contributed by atoms with E-state index >= 15 is 0 Å². The topological polar surface area (TPSA) is 81.6 Å². The van der Waals surface area contributed by atoms with E-state index < -0.39 is 5.91 Å². The summed E-state index contributed by atoms with van der Waals surface area (Å²) >= 11 is 0. The highest BCUT2D eigenvalue weighted by Gasteiger charge is 2.14. The summed E-state index contributed by atoms with van der Waals surface area (Å²) in [5, 5.41) is 0. The molecule has 4 rings (SSSR count). The van der Waals surface area contributed by atoms with Crippen LogP contribution in [0.3, 0.4) is 0 Å². The minimum atomic E-state index is -0.470. The fourth-order valence-corrected chi connectivity index (χ4v) is 2.86. The Balaban J connectivity index is 1.70. The largest absolute Gasteiger partial charge is 0.436 e. The third kappa shape index (κ3) is 2.72. The highest BCUT2D eigenvalue weighted by Crippen LogP contribution is 2.28. The number of hydrogen-bond acceptors (Lipinski definition) is 5. The zero-order valence-corrected chi connectivity index (χ0v) is 13.1. The number of rotatable bonds is 3. The first-order valence-corrected chi connectivity index (χ1v) is 7.84. The van der Waals surface area contributed by atoms with Gasteiger partial charge in [-0.15, -0.1) is 0 Å². The summed E-state index contributed by atoms with van der Waals surface area (Å²) in [5.74, 6) is 0.00907. The number of anilines is 1. The van der Waals surface area contributed by atoms with E-state index in [9.17, 15) is 4.79 Å². The minimum Gasteiger partial charge on any atom is -0.436 e. The maximum Gasteiger partial charge on any atom is 0.248 e. The molecule has 0 saturated carbocycles. The summed E-state index contributed by atoms with van der Waals surface area (Å²) in [6, 6.07) is 13.0. The molecule has 6 nitrogen and oxygen atoms in total. The number of fused-ring (bicyclic) bond motifs is 1. The Hall–Kier alpha value is -2.86. The molecular formula is C18H17N3O3. The molecule has 1 aliphatic rings. The number of nitrogens with two attached hydrogens (primary N) is 1. The van der Waals surface area contributed by atoms with Crippen molar-refractivity contribution in [2.45, 2.75) is 0 Å². The van der Waals surface area contributed by atoms with E-state index in [2.05, 4.69) is 9.88 Å². The van der Waals surface area contributed by atoms with Gasteiger partial charge in [0.1, 0.15) is 5.52 Å². The number of amides is 1. The van der Waals surface area contributed by atoms with Gasteiger partial charge >= 0.3 is 0 Å². The van der Waals surface area contributed by atoms with Crippen molar-refractivity contribution >= 4 is 22.7 Å². The Morgan fingerprint density at radius 2 is 1.96 bits per heavy atom. The van der Waals surface area contributed by atoms with Crippen LogP contribution in [0.4, 0.5) is 5.69 Å². The predicted molar refractivity (Wildman–Crippen MR) is 91.0 cm³/mol. The van der Waals surface area contributed by atoms with Crippen LogP contribution in [0, 0.1) is 0 Å². The normalized spacial score (nSPS) is 14.9. The van der Waals surface area contributed by atoms with Gasteiger partial charge in [-0.05, 0) is 30.3 Å². The van der Waals surface area contributed by atoms with E-state index in [1.54, 1.807) is 18.2 Å². The molecule has 1 aliphatic heterocycles. The number of oxazole rings is 1. The van der Waals surface area contributed by atoms with Crippen molar-refractivity contribution in [1.29, 1.82) is 0 Å². The summed E-state index contributed by atoms with van der Waals surface area (Å²) in [5.41, 5.74) is 9.10. The highest BCUT2D eigenvalue weighted by molar-refractivity contribution is 5.94. The van der Waals surface area contributed by atoms with E-state index in [1.165, 1.54) is 0 Å². The average Bonchev–Trinajstić information content (AvgIpc) is 3.06. The molecule has 1 aromatic heterocycles. The van der Waals surface area contributed by atoms with Crippen LogP contribution in [-0.4, -0.2) is 37.2 Å². The summed E-state index contributed by atoms with van der Waals surface area (Å²) in [6.07, 6.45) is 0. The lowest BCUT2D eigenvalue weighted by atomic mass is 10.1. The zero-order valence-electron chi connectivity index (χ0n) is 13.1. The lowest BCUT2D eigenvalue weighted by molar-refractivity contribution is 0.100. The van der Waals surface area contributed by atoms with Crippen molar-refractivity contribution in [3.63, 3.8) is 0 Å². The molecule has 0 aliphatic carbocycles. The van der Waals surface area contributed by atoms with E-state index in [-0.39, 0.29) is 0 Å². The number of hydrogen-bond donors (Lipinski definition) is 1. The molecule has 3 aromatic rings. The van der Waals surface area contributed by atoms with Gasteiger partial charge in [0.25, 0.3) is 0 Å². The lowest BCUT2D eigenvalue weighted by Crippen LogP contribution is -2.36. The fourth-order valence-electron chi connectivity index (χ4n) is 2.86. The Morgan fingerprint density at radius 3 is 2.75 bits per heavy atom. The molecule has 0 bridgehead atoms. The van der Waals surface area contributed by atoms with Crippen molar-refractivity contribution in [2.75, 3.05) is 31.2 Å². The maximum absolute atomic E-state index is 11.3. The van der Waals surface area contributed by atoms with Crippen LogP contribution in [0.15, 0.2) is 46.9 Å². The standard InChI is InChI=1S/C18H17N3O3/c19-17(22)12-2-1-3-13(10-12)18-20-15-5-4-14(11-16(15)24-18)21-6-8-23-9-7-21/h1-5,10-11H,6-9H2,(H2,19,22). The third-order valence-electron chi connectivity index (χ3n) is 4.14. The first kappa shape index (κ1) is 14.7. The summed E-state index contributed by atoms with van der Waals surface area (Å²) in [4.78, 5) is 18.1. The van der Waals surface area contributed by atoms with Gasteiger partial charge < -0.3 is 19.8 Å². The van der Waals surface area contributed by atoms with Crippen LogP contribution >= 0.6 is 0 Å². The second kappa shape index (κ2) is 5.98. The number of carbonyl (C=O) groups excluding carboxylic acids is 1. The molecular weight excluding hydrogens is 306 g/mol. The Kier molecular flexibility index (Phi) is 3.66. The molecule has 2 aromatic carbocycles. The minimum absolute atomic E-state index is 0.434. The number of nitrogens with zero attached hydrogens (tertiary/aromatic N) is 2. The van der Waals surface area contributed by atoms with Crippen molar-refractivity contribution < 1.29 is 13.9 Å². The predicted octanol–water partition coefficient (Wildman–Crippen LogP) is 2.43. The number of benzene rings is 2. The molecule has 122 valence electrons. The summed E-state index contributed by atoms with van der Waals surface area (Å²) < 4.78 is 11.3. The van der Waals surface area contributed by atoms with E-state index in [4.69, 9.17) is 14.9 Å². The number of morpholine rings is 1. The monoisotopic (exact) mass is 323 g/mol. The van der Waals surface area contributed by atoms with E-state index in [0.717, 1.165) is 48.7 Å². The molecule has 0 unspecified atom stereocenters. The third-order valence-corrected chi connectivity index (χ3v) is 4.14. The van der Waals surface area contributed by atoms with Crippen LogP contribution in [0.5, 0.6) is 0 Å². The number of carbonyl (C=O) groups is 1. The van der Waals surface area contributed by atoms with Crippen molar-refractivity contribution in [3.05, 3.63) is 48.0 Å². The van der Waals surface area contributed by atoms with Crippen molar-refractivity contribution in [1.82, 2.24) is 4.98 Å². The molecule has 1 amide bonds. The quantitative estimate of drug-likeness (QED) is 0.800. The zero-order chi connectivity index (χ0) is 16.5. The van der Waals surface area contributed by atoms with Gasteiger partial charge in [-0.2, -0.15) is 0 Å². The maximum atomic E-state index is 11.3. The molecule has 24 heavy (non-hydrogen) atoms. The first-order chi connectivity index (χ1) is 11.7. The average molecular weight is 323 g/mol. The first-order valence-electron chi connectivity index (χ1n) is 7.84. The van der Waals surface area contributed by atoms with Gasteiger partial charge in [-0.25, -0.2) is 4.98 Å². The number of primary amides is 1. The van der Waals surface area contributed by atoms with Gasteiger partial charge in [0.2, 0.25) is 11.8 Å². The smallest absolute Gasteiger partial charge is 0.248 e. The second-order valence-electron chi connectivity index (χ2n) is 5.72. The number of ether oxygens (including phenoxy) is 1. The molecule has 2 heterocycles. The fraction of sp³-hybridized carbons (Fsp3) is 0.222. The molecule has 0 atom stereocenters. The number of aromatic nitrogens is 1. The molecule has 6 heteroatoms. The van der Waals surface area contributed by atoms with Gasteiger partial charge in [0, 0.05) is 36.0 Å². The molecule has 1 saturated heterocycles. The molecule has 2 N–H and O–H groups in total. The highest BCUT2D eigenvalue weighted by atomic mass is 16.5. The van der Waals surface area contributed by atoms with Crippen LogP contribution in [-0.2, 0) is 4.74 Å². The molecule has 1 fully saturated rings. The van der Waals surface area contributed by atoms with Gasteiger partial charge in [-0.3, -0.25) is 4.79 Å².